The predicted octanol–water partition coefficient (Wildman–Crippen LogP) is 1.52. The molecule has 0 radical (unpaired) electrons. The smallest absolute Gasteiger partial charge is 0.243 e. The second-order valence-corrected chi connectivity index (χ2v) is 9.55. The summed E-state index contributed by atoms with van der Waals surface area (Å²) in [5.41, 5.74) is 1.83. The predicted molar refractivity (Wildman–Crippen MR) is 101 cm³/mol. The molecule has 2 aliphatic rings. The Balaban J connectivity index is 1.54. The molecule has 26 heavy (non-hydrogen) atoms. The van der Waals surface area contributed by atoms with E-state index in [1.807, 2.05) is 30.9 Å². The number of piperazine rings is 1. The van der Waals surface area contributed by atoms with Crippen LogP contribution in [0.1, 0.15) is 30.9 Å². The van der Waals surface area contributed by atoms with E-state index in [2.05, 4.69) is 12.2 Å². The van der Waals surface area contributed by atoms with Crippen LogP contribution < -0.4 is 5.32 Å². The summed E-state index contributed by atoms with van der Waals surface area (Å²) < 4.78 is 27.3. The van der Waals surface area contributed by atoms with E-state index < -0.39 is 10.0 Å². The van der Waals surface area contributed by atoms with Crippen LogP contribution in [0.15, 0.2) is 23.1 Å². The molecule has 0 bridgehead atoms. The first-order chi connectivity index (χ1) is 12.3. The molecule has 1 aromatic carbocycles. The first kappa shape index (κ1) is 19.3. The maximum absolute atomic E-state index is 12.9. The van der Waals surface area contributed by atoms with Gasteiger partial charge in [0.1, 0.15) is 0 Å². The van der Waals surface area contributed by atoms with E-state index >= 15 is 0 Å². The van der Waals surface area contributed by atoms with Gasteiger partial charge in [-0.3, -0.25) is 9.69 Å². The molecular weight excluding hydrogens is 350 g/mol. The van der Waals surface area contributed by atoms with Crippen molar-refractivity contribution in [3.63, 3.8) is 0 Å². The molecule has 1 amide bonds. The molecule has 2 fully saturated rings. The van der Waals surface area contributed by atoms with Gasteiger partial charge in [0.05, 0.1) is 11.4 Å². The minimum absolute atomic E-state index is 0.0371. The molecule has 1 aliphatic carbocycles. The molecule has 1 heterocycles. The lowest BCUT2D eigenvalue weighted by molar-refractivity contribution is -0.123. The second kappa shape index (κ2) is 7.66. The number of hydrogen-bond donors (Lipinski definition) is 1. The van der Waals surface area contributed by atoms with E-state index in [0.29, 0.717) is 43.5 Å². The van der Waals surface area contributed by atoms with Crippen molar-refractivity contribution >= 4 is 15.9 Å². The van der Waals surface area contributed by atoms with Crippen molar-refractivity contribution in [1.29, 1.82) is 0 Å². The third-order valence-corrected chi connectivity index (χ3v) is 7.42. The van der Waals surface area contributed by atoms with Crippen LogP contribution in [-0.4, -0.2) is 62.3 Å². The summed E-state index contributed by atoms with van der Waals surface area (Å²) in [6.07, 6.45) is 2.41. The minimum atomic E-state index is -3.48. The van der Waals surface area contributed by atoms with Gasteiger partial charge in [-0.1, -0.05) is 17.7 Å². The Kier molecular flexibility index (Phi) is 5.69. The highest BCUT2D eigenvalue weighted by Crippen LogP contribution is 2.32. The Bertz CT molecular complexity index is 766. The number of nitrogens with zero attached hydrogens (tertiary/aromatic N) is 2. The van der Waals surface area contributed by atoms with Crippen LogP contribution in [-0.2, 0) is 14.8 Å². The molecule has 3 rings (SSSR count). The Morgan fingerprint density at radius 2 is 1.85 bits per heavy atom. The normalized spacial score (nSPS) is 20.7. The average Bonchev–Trinajstić information content (AvgIpc) is 3.39. The fraction of sp³-hybridized carbons (Fsp3) is 0.632. The molecule has 7 heteroatoms. The molecule has 1 aromatic rings. The number of benzene rings is 1. The van der Waals surface area contributed by atoms with Crippen LogP contribution >= 0.6 is 0 Å². The molecular formula is C19H29N3O3S. The quantitative estimate of drug-likeness (QED) is 0.814. The largest absolute Gasteiger partial charge is 0.352 e. The monoisotopic (exact) mass is 379 g/mol. The highest BCUT2D eigenvalue weighted by molar-refractivity contribution is 7.89. The minimum Gasteiger partial charge on any atom is -0.352 e. The Morgan fingerprint density at radius 1 is 1.19 bits per heavy atom. The molecule has 1 saturated heterocycles. The molecule has 1 atom stereocenters. The van der Waals surface area contributed by atoms with E-state index in [1.54, 1.807) is 6.07 Å². The molecule has 1 N–H and O–H groups in total. The highest BCUT2D eigenvalue weighted by atomic mass is 32.2. The number of nitrogens with one attached hydrogen (secondary N) is 1. The summed E-state index contributed by atoms with van der Waals surface area (Å²) in [5.74, 6) is 0.675. The Morgan fingerprint density at radius 3 is 2.42 bits per heavy atom. The molecule has 144 valence electrons. The fourth-order valence-corrected chi connectivity index (χ4v) is 5.20. The van der Waals surface area contributed by atoms with Gasteiger partial charge in [-0.05, 0) is 51.2 Å². The number of rotatable bonds is 6. The van der Waals surface area contributed by atoms with Crippen molar-refractivity contribution in [2.24, 2.45) is 5.92 Å². The van der Waals surface area contributed by atoms with Crippen LogP contribution in [0.25, 0.3) is 0 Å². The maximum Gasteiger partial charge on any atom is 0.243 e. The molecule has 0 unspecified atom stereocenters. The van der Waals surface area contributed by atoms with Crippen molar-refractivity contribution in [1.82, 2.24) is 14.5 Å². The van der Waals surface area contributed by atoms with E-state index in [0.717, 1.165) is 11.1 Å². The molecule has 0 aromatic heterocycles. The molecule has 0 spiro atoms. The van der Waals surface area contributed by atoms with Crippen LogP contribution in [0.3, 0.4) is 0 Å². The van der Waals surface area contributed by atoms with Gasteiger partial charge in [-0.15, -0.1) is 0 Å². The zero-order valence-corrected chi connectivity index (χ0v) is 16.7. The van der Waals surface area contributed by atoms with Crippen LogP contribution in [0.5, 0.6) is 0 Å². The SMILES string of the molecule is Cc1ccc(S(=O)(=O)N2CCN(CC(=O)N[C@@H](C)C3CC3)CC2)c(C)c1. The first-order valence-corrected chi connectivity index (χ1v) is 10.8. The number of hydrogen-bond acceptors (Lipinski definition) is 4. The third-order valence-electron chi connectivity index (χ3n) is 5.36. The van der Waals surface area contributed by atoms with Crippen molar-refractivity contribution in [2.45, 2.75) is 44.6 Å². The van der Waals surface area contributed by atoms with Crippen LogP contribution in [0, 0.1) is 19.8 Å². The summed E-state index contributed by atoms with van der Waals surface area (Å²) in [6, 6.07) is 5.67. The zero-order chi connectivity index (χ0) is 18.9. The van der Waals surface area contributed by atoms with Crippen molar-refractivity contribution in [3.05, 3.63) is 29.3 Å². The van der Waals surface area contributed by atoms with Gasteiger partial charge in [0.25, 0.3) is 0 Å². The van der Waals surface area contributed by atoms with Gasteiger partial charge in [0.15, 0.2) is 0 Å². The van der Waals surface area contributed by atoms with Crippen LogP contribution in [0.2, 0.25) is 0 Å². The van der Waals surface area contributed by atoms with Crippen molar-refractivity contribution in [2.75, 3.05) is 32.7 Å². The average molecular weight is 380 g/mol. The second-order valence-electron chi connectivity index (χ2n) is 7.64. The lowest BCUT2D eigenvalue weighted by Gasteiger charge is -2.34. The first-order valence-electron chi connectivity index (χ1n) is 9.36. The summed E-state index contributed by atoms with van der Waals surface area (Å²) in [5, 5.41) is 3.06. The molecule has 6 nitrogen and oxygen atoms in total. The van der Waals surface area contributed by atoms with Gasteiger partial charge < -0.3 is 5.32 Å². The van der Waals surface area contributed by atoms with Gasteiger partial charge in [0.2, 0.25) is 15.9 Å². The molecule has 1 aliphatic heterocycles. The lowest BCUT2D eigenvalue weighted by Crippen LogP contribution is -2.51. The van der Waals surface area contributed by atoms with E-state index in [4.69, 9.17) is 0 Å². The van der Waals surface area contributed by atoms with Crippen molar-refractivity contribution in [3.8, 4) is 0 Å². The topological polar surface area (TPSA) is 69.7 Å². The maximum atomic E-state index is 12.9. The van der Waals surface area contributed by atoms with Gasteiger partial charge >= 0.3 is 0 Å². The zero-order valence-electron chi connectivity index (χ0n) is 15.9. The number of sulfonamides is 1. The van der Waals surface area contributed by atoms with Gasteiger partial charge in [0, 0.05) is 32.2 Å². The van der Waals surface area contributed by atoms with E-state index in [1.165, 1.54) is 17.1 Å². The third kappa shape index (κ3) is 4.45. The Labute approximate surface area is 156 Å². The van der Waals surface area contributed by atoms with Crippen molar-refractivity contribution < 1.29 is 13.2 Å². The number of carbonyl (C=O) groups excluding carboxylic acids is 1. The van der Waals surface area contributed by atoms with E-state index in [9.17, 15) is 13.2 Å². The van der Waals surface area contributed by atoms with Crippen LogP contribution in [0.4, 0.5) is 0 Å². The van der Waals surface area contributed by atoms with Gasteiger partial charge in [-0.25, -0.2) is 8.42 Å². The summed E-state index contributed by atoms with van der Waals surface area (Å²) in [7, 11) is -3.48. The summed E-state index contributed by atoms with van der Waals surface area (Å²) in [6.45, 7) is 8.18. The number of aryl methyl sites for hydroxylation is 2. The summed E-state index contributed by atoms with van der Waals surface area (Å²) >= 11 is 0. The van der Waals surface area contributed by atoms with E-state index in [-0.39, 0.29) is 11.9 Å². The number of carbonyl (C=O) groups is 1. The fourth-order valence-electron chi connectivity index (χ4n) is 3.57. The van der Waals surface area contributed by atoms with Gasteiger partial charge in [-0.2, -0.15) is 4.31 Å². The lowest BCUT2D eigenvalue weighted by atomic mass is 10.2. The summed E-state index contributed by atoms with van der Waals surface area (Å²) in [4.78, 5) is 14.6. The highest BCUT2D eigenvalue weighted by Gasteiger charge is 2.31. The Hall–Kier alpha value is -1.44. The standard InChI is InChI=1S/C19H29N3O3S/c1-14-4-7-18(15(2)12-14)26(24,25)22-10-8-21(9-11-22)13-19(23)20-16(3)17-5-6-17/h4,7,12,16-17H,5-6,8-11,13H2,1-3H3,(H,20,23)/t16-/m0/s1. The molecule has 1 saturated carbocycles. The number of amides is 1.